The summed E-state index contributed by atoms with van der Waals surface area (Å²) >= 11 is 6.06. The second-order valence-corrected chi connectivity index (χ2v) is 4.68. The first-order valence-corrected chi connectivity index (χ1v) is 6.67. The van der Waals surface area contributed by atoms with E-state index in [4.69, 9.17) is 16.3 Å². The molecule has 0 saturated heterocycles. The monoisotopic (exact) mass is 255 g/mol. The maximum absolute atomic E-state index is 6.06. The Morgan fingerprint density at radius 3 is 2.82 bits per heavy atom. The number of hydrogen-bond donors (Lipinski definition) is 1. The number of nitrogens with one attached hydrogen (secondary N) is 1. The molecule has 17 heavy (non-hydrogen) atoms. The third-order valence-electron chi connectivity index (χ3n) is 2.62. The van der Waals surface area contributed by atoms with E-state index in [1.807, 2.05) is 24.3 Å². The zero-order chi connectivity index (χ0) is 12.5. The van der Waals surface area contributed by atoms with Crippen LogP contribution in [-0.4, -0.2) is 19.2 Å². The van der Waals surface area contributed by atoms with Gasteiger partial charge in [0.25, 0.3) is 0 Å². The summed E-state index contributed by atoms with van der Waals surface area (Å²) in [5.74, 6) is 0. The topological polar surface area (TPSA) is 21.3 Å². The van der Waals surface area contributed by atoms with Gasteiger partial charge in [-0.1, -0.05) is 43.1 Å². The van der Waals surface area contributed by atoms with Crippen LogP contribution < -0.4 is 5.32 Å². The van der Waals surface area contributed by atoms with E-state index in [1.54, 1.807) is 0 Å². The van der Waals surface area contributed by atoms with Gasteiger partial charge >= 0.3 is 0 Å². The molecule has 1 aromatic carbocycles. The maximum Gasteiger partial charge on any atom is 0.0735 e. The molecule has 1 rings (SSSR count). The summed E-state index contributed by atoms with van der Waals surface area (Å²) in [6, 6.07) is 7.81. The van der Waals surface area contributed by atoms with Gasteiger partial charge in [0, 0.05) is 11.6 Å². The summed E-state index contributed by atoms with van der Waals surface area (Å²) in [5, 5.41) is 4.16. The first-order valence-electron chi connectivity index (χ1n) is 6.29. The van der Waals surface area contributed by atoms with E-state index in [1.165, 1.54) is 12.8 Å². The largest absolute Gasteiger partial charge is 0.372 e. The standard InChI is InChI=1S/C14H22ClNO/c1-3-4-9-16-10-12(2)17-11-13-7-5-6-8-14(13)15/h5-8,12,16H,3-4,9-11H2,1-2H3. The van der Waals surface area contributed by atoms with Crippen LogP contribution in [0.2, 0.25) is 5.02 Å². The molecule has 1 N–H and O–H groups in total. The highest BCUT2D eigenvalue weighted by atomic mass is 35.5. The van der Waals surface area contributed by atoms with Crippen molar-refractivity contribution in [3.05, 3.63) is 34.9 Å². The second-order valence-electron chi connectivity index (χ2n) is 4.27. The van der Waals surface area contributed by atoms with Crippen molar-refractivity contribution in [2.45, 2.75) is 39.4 Å². The van der Waals surface area contributed by atoms with Gasteiger partial charge in [-0.2, -0.15) is 0 Å². The molecule has 2 nitrogen and oxygen atoms in total. The summed E-state index contributed by atoms with van der Waals surface area (Å²) in [4.78, 5) is 0. The van der Waals surface area contributed by atoms with Gasteiger partial charge in [0.15, 0.2) is 0 Å². The van der Waals surface area contributed by atoms with Crippen molar-refractivity contribution in [1.29, 1.82) is 0 Å². The number of ether oxygens (including phenoxy) is 1. The van der Waals surface area contributed by atoms with Crippen LogP contribution in [0.25, 0.3) is 0 Å². The Morgan fingerprint density at radius 1 is 1.35 bits per heavy atom. The van der Waals surface area contributed by atoms with Crippen molar-refractivity contribution in [2.24, 2.45) is 0 Å². The highest BCUT2D eigenvalue weighted by Crippen LogP contribution is 2.16. The van der Waals surface area contributed by atoms with Crippen molar-refractivity contribution in [3.63, 3.8) is 0 Å². The molecule has 0 heterocycles. The highest BCUT2D eigenvalue weighted by molar-refractivity contribution is 6.31. The number of benzene rings is 1. The average Bonchev–Trinajstić information content (AvgIpc) is 2.34. The van der Waals surface area contributed by atoms with Gasteiger partial charge in [-0.05, 0) is 31.5 Å². The van der Waals surface area contributed by atoms with Gasteiger partial charge in [0.05, 0.1) is 12.7 Å². The SMILES string of the molecule is CCCCNCC(C)OCc1ccccc1Cl. The summed E-state index contributed by atoms with van der Waals surface area (Å²) in [5.41, 5.74) is 1.05. The second kappa shape index (κ2) is 8.51. The van der Waals surface area contributed by atoms with E-state index in [2.05, 4.69) is 19.2 Å². The molecule has 1 atom stereocenters. The fraction of sp³-hybridized carbons (Fsp3) is 0.571. The molecule has 0 saturated carbocycles. The molecule has 0 bridgehead atoms. The fourth-order valence-electron chi connectivity index (χ4n) is 1.51. The van der Waals surface area contributed by atoms with Gasteiger partial charge in [-0.25, -0.2) is 0 Å². The lowest BCUT2D eigenvalue weighted by Gasteiger charge is -2.14. The van der Waals surface area contributed by atoms with Crippen LogP contribution in [0, 0.1) is 0 Å². The Morgan fingerprint density at radius 2 is 2.12 bits per heavy atom. The zero-order valence-corrected chi connectivity index (χ0v) is 11.5. The zero-order valence-electron chi connectivity index (χ0n) is 10.7. The van der Waals surface area contributed by atoms with Crippen molar-refractivity contribution < 1.29 is 4.74 Å². The molecule has 0 spiro atoms. The molecule has 0 fully saturated rings. The normalized spacial score (nSPS) is 12.6. The van der Waals surface area contributed by atoms with Crippen LogP contribution in [0.4, 0.5) is 0 Å². The minimum Gasteiger partial charge on any atom is -0.372 e. The number of hydrogen-bond acceptors (Lipinski definition) is 2. The number of rotatable bonds is 8. The predicted octanol–water partition coefficient (Wildman–Crippen LogP) is 3.63. The van der Waals surface area contributed by atoms with Crippen molar-refractivity contribution >= 4 is 11.6 Å². The number of halogens is 1. The minimum atomic E-state index is 0.211. The van der Waals surface area contributed by atoms with Crippen molar-refractivity contribution in [1.82, 2.24) is 5.32 Å². The first-order chi connectivity index (χ1) is 8.24. The molecule has 0 amide bonds. The molecule has 0 aliphatic carbocycles. The van der Waals surface area contributed by atoms with Gasteiger partial charge < -0.3 is 10.1 Å². The van der Waals surface area contributed by atoms with E-state index >= 15 is 0 Å². The van der Waals surface area contributed by atoms with E-state index < -0.39 is 0 Å². The van der Waals surface area contributed by atoms with Crippen LogP contribution in [-0.2, 0) is 11.3 Å². The van der Waals surface area contributed by atoms with Crippen LogP contribution >= 0.6 is 11.6 Å². The van der Waals surface area contributed by atoms with Crippen molar-refractivity contribution in [2.75, 3.05) is 13.1 Å². The Labute approximate surface area is 109 Å². The van der Waals surface area contributed by atoms with E-state index in [9.17, 15) is 0 Å². The third kappa shape index (κ3) is 6.06. The summed E-state index contributed by atoms with van der Waals surface area (Å²) in [7, 11) is 0. The van der Waals surface area contributed by atoms with Crippen LogP contribution in [0.1, 0.15) is 32.3 Å². The lowest BCUT2D eigenvalue weighted by atomic mass is 10.2. The molecular weight excluding hydrogens is 234 g/mol. The Kier molecular flexibility index (Phi) is 7.25. The molecule has 1 unspecified atom stereocenters. The van der Waals surface area contributed by atoms with Crippen LogP contribution in [0.5, 0.6) is 0 Å². The predicted molar refractivity (Wildman–Crippen MR) is 73.5 cm³/mol. The van der Waals surface area contributed by atoms with Gasteiger partial charge in [-0.15, -0.1) is 0 Å². The lowest BCUT2D eigenvalue weighted by Crippen LogP contribution is -2.27. The average molecular weight is 256 g/mol. The van der Waals surface area contributed by atoms with Gasteiger partial charge in [-0.3, -0.25) is 0 Å². The molecule has 0 radical (unpaired) electrons. The molecule has 3 heteroatoms. The maximum atomic E-state index is 6.06. The summed E-state index contributed by atoms with van der Waals surface area (Å²) in [6.07, 6.45) is 2.65. The molecule has 96 valence electrons. The minimum absolute atomic E-state index is 0.211. The quantitative estimate of drug-likeness (QED) is 0.717. The molecular formula is C14H22ClNO. The number of unbranched alkanes of at least 4 members (excludes halogenated alkanes) is 1. The molecule has 0 aliphatic heterocycles. The highest BCUT2D eigenvalue weighted by Gasteiger charge is 2.04. The Bertz CT molecular complexity index is 317. The molecule has 0 aliphatic rings. The first kappa shape index (κ1) is 14.5. The van der Waals surface area contributed by atoms with Crippen LogP contribution in [0.15, 0.2) is 24.3 Å². The van der Waals surface area contributed by atoms with E-state index in [-0.39, 0.29) is 6.10 Å². The molecule has 0 aromatic heterocycles. The Balaban J connectivity index is 2.19. The van der Waals surface area contributed by atoms with Gasteiger partial charge in [0.1, 0.15) is 0 Å². The van der Waals surface area contributed by atoms with Gasteiger partial charge in [0.2, 0.25) is 0 Å². The Hall–Kier alpha value is -0.570. The smallest absolute Gasteiger partial charge is 0.0735 e. The summed E-state index contributed by atoms with van der Waals surface area (Å²) < 4.78 is 5.74. The lowest BCUT2D eigenvalue weighted by molar-refractivity contribution is 0.0533. The third-order valence-corrected chi connectivity index (χ3v) is 2.99. The van der Waals surface area contributed by atoms with E-state index in [0.717, 1.165) is 23.7 Å². The summed E-state index contributed by atoms with van der Waals surface area (Å²) in [6.45, 7) is 6.81. The molecule has 1 aromatic rings. The van der Waals surface area contributed by atoms with E-state index in [0.29, 0.717) is 6.61 Å². The van der Waals surface area contributed by atoms with Crippen molar-refractivity contribution in [3.8, 4) is 0 Å². The fourth-order valence-corrected chi connectivity index (χ4v) is 1.70. The van der Waals surface area contributed by atoms with Crippen LogP contribution in [0.3, 0.4) is 0 Å².